The van der Waals surface area contributed by atoms with Crippen molar-refractivity contribution >= 4 is 17.3 Å². The van der Waals surface area contributed by atoms with Crippen LogP contribution < -0.4 is 10.6 Å². The van der Waals surface area contributed by atoms with Gasteiger partial charge in [-0.15, -0.1) is 0 Å². The van der Waals surface area contributed by atoms with Gasteiger partial charge in [0.2, 0.25) is 5.91 Å². The SMILES string of the molecule is CC(=O)N1CCN(c2ccc(N)c(C(F)(F)F)c2)CC1. The fourth-order valence-electron chi connectivity index (χ4n) is 2.27. The minimum absolute atomic E-state index is 0.0158. The Balaban J connectivity index is 2.17. The highest BCUT2D eigenvalue weighted by atomic mass is 19.4. The fraction of sp³-hybridized carbons (Fsp3) is 0.462. The number of alkyl halides is 3. The Labute approximate surface area is 114 Å². The Kier molecular flexibility index (Phi) is 3.78. The van der Waals surface area contributed by atoms with Crippen LogP contribution in [0.15, 0.2) is 18.2 Å². The van der Waals surface area contributed by atoms with Crippen LogP contribution in [0.4, 0.5) is 24.5 Å². The first-order valence-electron chi connectivity index (χ1n) is 6.26. The van der Waals surface area contributed by atoms with Gasteiger partial charge >= 0.3 is 6.18 Å². The second-order valence-electron chi connectivity index (χ2n) is 4.76. The minimum Gasteiger partial charge on any atom is -0.398 e. The number of rotatable bonds is 1. The number of anilines is 2. The third-order valence-electron chi connectivity index (χ3n) is 3.43. The van der Waals surface area contributed by atoms with E-state index < -0.39 is 11.7 Å². The van der Waals surface area contributed by atoms with E-state index in [0.717, 1.165) is 6.07 Å². The van der Waals surface area contributed by atoms with Crippen LogP contribution in [-0.2, 0) is 11.0 Å². The average molecular weight is 287 g/mol. The van der Waals surface area contributed by atoms with E-state index in [9.17, 15) is 18.0 Å². The molecular formula is C13H16F3N3O. The summed E-state index contributed by atoms with van der Waals surface area (Å²) in [5.41, 5.74) is 4.77. The molecule has 0 radical (unpaired) electrons. The van der Waals surface area contributed by atoms with Crippen LogP contribution in [0.1, 0.15) is 12.5 Å². The van der Waals surface area contributed by atoms with Crippen LogP contribution in [-0.4, -0.2) is 37.0 Å². The number of nitrogen functional groups attached to an aromatic ring is 1. The number of amides is 1. The average Bonchev–Trinajstić information content (AvgIpc) is 2.38. The van der Waals surface area contributed by atoms with Gasteiger partial charge in [-0.05, 0) is 18.2 Å². The molecule has 2 rings (SSSR count). The zero-order chi connectivity index (χ0) is 14.9. The molecule has 0 spiro atoms. The molecule has 1 fully saturated rings. The van der Waals surface area contributed by atoms with Gasteiger partial charge in [0.15, 0.2) is 0 Å². The Morgan fingerprint density at radius 1 is 1.20 bits per heavy atom. The Morgan fingerprint density at radius 3 is 2.30 bits per heavy atom. The number of hydrogen-bond acceptors (Lipinski definition) is 3. The van der Waals surface area contributed by atoms with Gasteiger partial charge in [0.1, 0.15) is 0 Å². The van der Waals surface area contributed by atoms with E-state index >= 15 is 0 Å². The smallest absolute Gasteiger partial charge is 0.398 e. The molecule has 1 heterocycles. The van der Waals surface area contributed by atoms with Crippen LogP contribution >= 0.6 is 0 Å². The lowest BCUT2D eigenvalue weighted by Crippen LogP contribution is -2.48. The molecule has 1 aliphatic rings. The monoisotopic (exact) mass is 287 g/mol. The number of carbonyl (C=O) groups excluding carboxylic acids is 1. The lowest BCUT2D eigenvalue weighted by molar-refractivity contribution is -0.136. The van der Waals surface area contributed by atoms with E-state index in [2.05, 4.69) is 0 Å². The van der Waals surface area contributed by atoms with E-state index in [-0.39, 0.29) is 11.6 Å². The van der Waals surface area contributed by atoms with Crippen molar-refractivity contribution in [3.05, 3.63) is 23.8 Å². The summed E-state index contributed by atoms with van der Waals surface area (Å²) in [4.78, 5) is 14.7. The fourth-order valence-corrected chi connectivity index (χ4v) is 2.27. The zero-order valence-corrected chi connectivity index (χ0v) is 11.1. The molecule has 0 aliphatic carbocycles. The third kappa shape index (κ3) is 2.97. The minimum atomic E-state index is -4.46. The highest BCUT2D eigenvalue weighted by Crippen LogP contribution is 2.36. The summed E-state index contributed by atoms with van der Waals surface area (Å²) in [6, 6.07) is 3.92. The van der Waals surface area contributed by atoms with Crippen molar-refractivity contribution in [1.82, 2.24) is 4.90 Å². The molecule has 20 heavy (non-hydrogen) atoms. The Hall–Kier alpha value is -1.92. The van der Waals surface area contributed by atoms with Gasteiger partial charge in [-0.1, -0.05) is 0 Å². The molecule has 0 saturated carbocycles. The Morgan fingerprint density at radius 2 is 1.80 bits per heavy atom. The number of nitrogens with zero attached hydrogens (tertiary/aromatic N) is 2. The molecule has 4 nitrogen and oxygen atoms in total. The van der Waals surface area contributed by atoms with E-state index in [0.29, 0.717) is 31.9 Å². The molecule has 1 aromatic rings. The van der Waals surface area contributed by atoms with Gasteiger partial charge in [0.05, 0.1) is 5.56 Å². The highest BCUT2D eigenvalue weighted by Gasteiger charge is 2.33. The van der Waals surface area contributed by atoms with Crippen LogP contribution in [0.5, 0.6) is 0 Å². The lowest BCUT2D eigenvalue weighted by atomic mass is 10.1. The van der Waals surface area contributed by atoms with Crippen LogP contribution in [0.25, 0.3) is 0 Å². The van der Waals surface area contributed by atoms with Gasteiger partial charge < -0.3 is 15.5 Å². The number of benzene rings is 1. The second kappa shape index (κ2) is 5.22. The van der Waals surface area contributed by atoms with E-state index in [1.54, 1.807) is 11.0 Å². The van der Waals surface area contributed by atoms with Gasteiger partial charge in [-0.25, -0.2) is 0 Å². The number of nitrogens with two attached hydrogens (primary N) is 1. The highest BCUT2D eigenvalue weighted by molar-refractivity contribution is 5.73. The van der Waals surface area contributed by atoms with Gasteiger partial charge in [0.25, 0.3) is 0 Å². The largest absolute Gasteiger partial charge is 0.418 e. The summed E-state index contributed by atoms with van der Waals surface area (Å²) in [7, 11) is 0. The summed E-state index contributed by atoms with van der Waals surface area (Å²) in [5.74, 6) is -0.0158. The molecule has 2 N–H and O–H groups in total. The van der Waals surface area contributed by atoms with Gasteiger partial charge in [0, 0.05) is 44.5 Å². The van der Waals surface area contributed by atoms with Crippen LogP contribution in [0.3, 0.4) is 0 Å². The van der Waals surface area contributed by atoms with Crippen LogP contribution in [0.2, 0.25) is 0 Å². The van der Waals surface area contributed by atoms with Gasteiger partial charge in [-0.2, -0.15) is 13.2 Å². The molecule has 1 aromatic carbocycles. The second-order valence-corrected chi connectivity index (χ2v) is 4.76. The summed E-state index contributed by atoms with van der Waals surface area (Å²) in [6.07, 6.45) is -4.46. The lowest BCUT2D eigenvalue weighted by Gasteiger charge is -2.36. The summed E-state index contributed by atoms with van der Waals surface area (Å²) in [6.45, 7) is 3.55. The van der Waals surface area contributed by atoms with E-state index in [1.807, 2.05) is 4.90 Å². The summed E-state index contributed by atoms with van der Waals surface area (Å²) >= 11 is 0. The molecular weight excluding hydrogens is 271 g/mol. The normalized spacial score (nSPS) is 16.4. The maximum Gasteiger partial charge on any atom is 0.418 e. The van der Waals surface area contributed by atoms with Crippen molar-refractivity contribution in [2.75, 3.05) is 36.8 Å². The number of carbonyl (C=O) groups is 1. The van der Waals surface area contributed by atoms with Crippen molar-refractivity contribution < 1.29 is 18.0 Å². The molecule has 1 amide bonds. The number of hydrogen-bond donors (Lipinski definition) is 1. The molecule has 7 heteroatoms. The first kappa shape index (κ1) is 14.5. The van der Waals surface area contributed by atoms with Crippen molar-refractivity contribution in [3.63, 3.8) is 0 Å². The molecule has 0 aromatic heterocycles. The van der Waals surface area contributed by atoms with Crippen molar-refractivity contribution in [2.24, 2.45) is 0 Å². The summed E-state index contributed by atoms with van der Waals surface area (Å²) < 4.78 is 38.4. The maximum absolute atomic E-state index is 12.8. The molecule has 1 saturated heterocycles. The Bertz CT molecular complexity index is 508. The molecule has 0 atom stereocenters. The number of halogens is 3. The predicted molar refractivity (Wildman–Crippen MR) is 70.3 cm³/mol. The molecule has 110 valence electrons. The van der Waals surface area contributed by atoms with Crippen molar-refractivity contribution in [3.8, 4) is 0 Å². The van der Waals surface area contributed by atoms with Crippen LogP contribution in [0, 0.1) is 0 Å². The molecule has 0 unspecified atom stereocenters. The first-order chi connectivity index (χ1) is 9.29. The topological polar surface area (TPSA) is 49.6 Å². The quantitative estimate of drug-likeness (QED) is 0.803. The van der Waals surface area contributed by atoms with Crippen molar-refractivity contribution in [1.29, 1.82) is 0 Å². The molecule has 1 aliphatic heterocycles. The number of piperazine rings is 1. The first-order valence-corrected chi connectivity index (χ1v) is 6.26. The van der Waals surface area contributed by atoms with E-state index in [1.165, 1.54) is 13.0 Å². The standard InChI is InChI=1S/C13H16F3N3O/c1-9(20)18-4-6-19(7-5-18)10-2-3-12(17)11(8-10)13(14,15)16/h2-3,8H,4-7,17H2,1H3. The maximum atomic E-state index is 12.8. The third-order valence-corrected chi connectivity index (χ3v) is 3.43. The molecule has 0 bridgehead atoms. The van der Waals surface area contributed by atoms with Gasteiger partial charge in [-0.3, -0.25) is 4.79 Å². The predicted octanol–water partition coefficient (Wildman–Crippen LogP) is 1.96. The van der Waals surface area contributed by atoms with E-state index in [4.69, 9.17) is 5.73 Å². The van der Waals surface area contributed by atoms with Crippen molar-refractivity contribution in [2.45, 2.75) is 13.1 Å². The summed E-state index contributed by atoms with van der Waals surface area (Å²) in [5, 5.41) is 0. The zero-order valence-electron chi connectivity index (χ0n) is 11.1.